The van der Waals surface area contributed by atoms with Gasteiger partial charge in [0.05, 0.1) is 22.1 Å². The number of aromatic nitrogens is 2. The third-order valence-corrected chi connectivity index (χ3v) is 8.67. The van der Waals surface area contributed by atoms with Gasteiger partial charge in [0.2, 0.25) is 0 Å². The van der Waals surface area contributed by atoms with Crippen molar-refractivity contribution in [2.24, 2.45) is 0 Å². The monoisotopic (exact) mass is 534 g/mol. The summed E-state index contributed by atoms with van der Waals surface area (Å²) in [5, 5.41) is 5.05. The summed E-state index contributed by atoms with van der Waals surface area (Å²) in [6.45, 7) is 0. The Bertz CT molecular complexity index is 2360. The van der Waals surface area contributed by atoms with Gasteiger partial charge in [-0.2, -0.15) is 0 Å². The highest BCUT2D eigenvalue weighted by Crippen LogP contribution is 2.42. The molecule has 0 amide bonds. The number of hydrogen-bond donors (Lipinski definition) is 0. The standard InChI is InChI=1S/C40H26N2/c1-3-11-28-25-30(26-29(28)12-4-1)27-19-21-32(22-20-27)42-38-18-10-8-16-34(38)36-24-23-35-33-15-7-9-17-37(33)41(39(35)40(36)42)31-13-5-2-6-14-31/h1-26H. The van der Waals surface area contributed by atoms with Gasteiger partial charge in [0.15, 0.2) is 0 Å². The number of fused-ring (bicyclic) bond motifs is 8. The van der Waals surface area contributed by atoms with E-state index in [-0.39, 0.29) is 0 Å². The van der Waals surface area contributed by atoms with Crippen molar-refractivity contribution in [1.82, 2.24) is 9.13 Å². The highest BCUT2D eigenvalue weighted by molar-refractivity contribution is 6.23. The fourth-order valence-electron chi connectivity index (χ4n) is 6.80. The van der Waals surface area contributed by atoms with Crippen LogP contribution >= 0.6 is 0 Å². The lowest BCUT2D eigenvalue weighted by atomic mass is 10.1. The summed E-state index contributed by atoms with van der Waals surface area (Å²) in [4.78, 5) is 0. The smallest absolute Gasteiger partial charge is 0.0788 e. The summed E-state index contributed by atoms with van der Waals surface area (Å²) in [5.41, 5.74) is 12.2. The van der Waals surface area contributed by atoms with Gasteiger partial charge in [-0.25, -0.2) is 0 Å². The maximum atomic E-state index is 2.45. The van der Waals surface area contributed by atoms with Gasteiger partial charge in [-0.3, -0.25) is 0 Å². The van der Waals surface area contributed by atoms with Crippen molar-refractivity contribution in [2.45, 2.75) is 0 Å². The van der Waals surface area contributed by atoms with Crippen LogP contribution in [0.3, 0.4) is 0 Å². The number of benzene rings is 5. The number of rotatable bonds is 3. The molecular formula is C40H26N2. The van der Waals surface area contributed by atoms with Gasteiger partial charge in [0.25, 0.3) is 0 Å². The topological polar surface area (TPSA) is 9.86 Å². The van der Waals surface area contributed by atoms with E-state index in [2.05, 4.69) is 167 Å². The highest BCUT2D eigenvalue weighted by atomic mass is 15.0. The molecule has 5 aromatic carbocycles. The zero-order chi connectivity index (χ0) is 27.6. The van der Waals surface area contributed by atoms with E-state index < -0.39 is 0 Å². The molecule has 0 bridgehead atoms. The summed E-state index contributed by atoms with van der Waals surface area (Å²) in [6.07, 6.45) is 0. The largest absolute Gasteiger partial charge is 0.307 e. The molecule has 0 radical (unpaired) electrons. The molecule has 7 aromatic rings. The molecule has 2 nitrogen and oxygen atoms in total. The molecule has 2 aromatic heterocycles. The van der Waals surface area contributed by atoms with E-state index in [1.165, 1.54) is 71.6 Å². The van der Waals surface area contributed by atoms with Crippen LogP contribution in [0.2, 0.25) is 0 Å². The second-order valence-corrected chi connectivity index (χ2v) is 11.0. The van der Waals surface area contributed by atoms with Crippen molar-refractivity contribution in [3.05, 3.63) is 158 Å². The first kappa shape index (κ1) is 23.1. The summed E-state index contributed by atoms with van der Waals surface area (Å²) >= 11 is 0. The van der Waals surface area contributed by atoms with Crippen LogP contribution in [0, 0.1) is 0 Å². The summed E-state index contributed by atoms with van der Waals surface area (Å²) in [5.74, 6) is 0. The van der Waals surface area contributed by atoms with Crippen LogP contribution < -0.4 is 0 Å². The molecule has 2 aliphatic carbocycles. The second-order valence-electron chi connectivity index (χ2n) is 11.0. The Morgan fingerprint density at radius 2 is 0.738 bits per heavy atom. The van der Waals surface area contributed by atoms with Gasteiger partial charge in [0, 0.05) is 32.9 Å². The quantitative estimate of drug-likeness (QED) is 0.213. The average Bonchev–Trinajstić information content (AvgIpc) is 3.66. The lowest BCUT2D eigenvalue weighted by molar-refractivity contribution is 1.15. The molecule has 196 valence electrons. The summed E-state index contributed by atoms with van der Waals surface area (Å²) in [6, 6.07) is 57.2. The molecule has 0 fully saturated rings. The fraction of sp³-hybridized carbons (Fsp3) is 0. The van der Waals surface area contributed by atoms with Crippen LogP contribution in [0.15, 0.2) is 158 Å². The Morgan fingerprint density at radius 3 is 1.29 bits per heavy atom. The molecule has 0 saturated heterocycles. The minimum atomic E-state index is 1.16. The van der Waals surface area contributed by atoms with Gasteiger partial charge >= 0.3 is 0 Å². The Morgan fingerprint density at radius 1 is 0.286 bits per heavy atom. The van der Waals surface area contributed by atoms with E-state index in [9.17, 15) is 0 Å². The zero-order valence-corrected chi connectivity index (χ0v) is 22.9. The molecule has 0 atom stereocenters. The number of hydrogen-bond acceptors (Lipinski definition) is 0. The molecule has 0 spiro atoms. The molecular weight excluding hydrogens is 508 g/mol. The molecule has 0 aliphatic heterocycles. The minimum absolute atomic E-state index is 1.16. The third kappa shape index (κ3) is 3.33. The Balaban J connectivity index is 1.35. The SMILES string of the molecule is c1ccc2cc(-c3ccc(-n4c5ccccc5c5ccc6c7ccccc7n(-c7ccccc7)c6c54)cc3)cc-2cc1. The average molecular weight is 535 g/mol. The molecule has 0 saturated carbocycles. The van der Waals surface area contributed by atoms with Gasteiger partial charge in [-0.1, -0.05) is 109 Å². The van der Waals surface area contributed by atoms with Gasteiger partial charge in [-0.15, -0.1) is 0 Å². The minimum Gasteiger partial charge on any atom is -0.307 e. The molecule has 0 N–H and O–H groups in total. The van der Waals surface area contributed by atoms with Crippen LogP contribution in [0.25, 0.3) is 77.2 Å². The molecule has 2 heterocycles. The Labute approximate surface area is 243 Å². The van der Waals surface area contributed by atoms with E-state index in [4.69, 9.17) is 0 Å². The Kier molecular flexibility index (Phi) is 4.93. The van der Waals surface area contributed by atoms with Crippen LogP contribution in [0.5, 0.6) is 0 Å². The maximum absolute atomic E-state index is 2.45. The van der Waals surface area contributed by atoms with E-state index in [0.29, 0.717) is 0 Å². The van der Waals surface area contributed by atoms with Crippen molar-refractivity contribution in [3.8, 4) is 33.6 Å². The molecule has 2 heteroatoms. The van der Waals surface area contributed by atoms with Crippen LogP contribution in [0.4, 0.5) is 0 Å². The van der Waals surface area contributed by atoms with Crippen LogP contribution in [0.1, 0.15) is 0 Å². The number of para-hydroxylation sites is 3. The third-order valence-electron chi connectivity index (χ3n) is 8.67. The van der Waals surface area contributed by atoms with E-state index in [1.54, 1.807) is 0 Å². The van der Waals surface area contributed by atoms with Crippen molar-refractivity contribution < 1.29 is 0 Å². The predicted molar refractivity (Wildman–Crippen MR) is 177 cm³/mol. The molecule has 0 unspecified atom stereocenters. The van der Waals surface area contributed by atoms with E-state index >= 15 is 0 Å². The summed E-state index contributed by atoms with van der Waals surface area (Å²) < 4.78 is 4.89. The number of nitrogens with zero attached hydrogens (tertiary/aromatic N) is 2. The normalized spacial score (nSPS) is 11.8. The van der Waals surface area contributed by atoms with Crippen molar-refractivity contribution in [2.75, 3.05) is 0 Å². The molecule has 9 rings (SSSR count). The fourth-order valence-corrected chi connectivity index (χ4v) is 6.80. The van der Waals surface area contributed by atoms with E-state index in [0.717, 1.165) is 5.69 Å². The van der Waals surface area contributed by atoms with Gasteiger partial charge < -0.3 is 9.13 Å². The first-order valence-electron chi connectivity index (χ1n) is 14.5. The van der Waals surface area contributed by atoms with Crippen molar-refractivity contribution in [1.29, 1.82) is 0 Å². The first-order chi connectivity index (χ1) is 20.8. The van der Waals surface area contributed by atoms with Gasteiger partial charge in [-0.05, 0) is 70.8 Å². The summed E-state index contributed by atoms with van der Waals surface area (Å²) in [7, 11) is 0. The van der Waals surface area contributed by atoms with Crippen molar-refractivity contribution >= 4 is 43.6 Å². The second kappa shape index (κ2) is 8.95. The van der Waals surface area contributed by atoms with Crippen LogP contribution in [-0.4, -0.2) is 9.13 Å². The molecule has 42 heavy (non-hydrogen) atoms. The lowest BCUT2D eigenvalue weighted by Gasteiger charge is -2.13. The molecule has 2 aliphatic rings. The Hall–Kier alpha value is -5.60. The first-order valence-corrected chi connectivity index (χ1v) is 14.5. The lowest BCUT2D eigenvalue weighted by Crippen LogP contribution is -1.98. The highest BCUT2D eigenvalue weighted by Gasteiger charge is 2.21. The maximum Gasteiger partial charge on any atom is 0.0788 e. The predicted octanol–water partition coefficient (Wildman–Crippen LogP) is 10.7. The van der Waals surface area contributed by atoms with Crippen LogP contribution in [-0.2, 0) is 0 Å². The van der Waals surface area contributed by atoms with Crippen molar-refractivity contribution in [3.63, 3.8) is 0 Å². The zero-order valence-electron chi connectivity index (χ0n) is 22.9. The van der Waals surface area contributed by atoms with Gasteiger partial charge in [0.1, 0.15) is 0 Å². The van der Waals surface area contributed by atoms with E-state index in [1.807, 2.05) is 0 Å².